The van der Waals surface area contributed by atoms with E-state index in [0.29, 0.717) is 0 Å². The summed E-state index contributed by atoms with van der Waals surface area (Å²) in [5, 5.41) is 9.93. The van der Waals surface area contributed by atoms with E-state index in [0.717, 1.165) is 12.8 Å². The molecule has 3 aliphatic heterocycles. The van der Waals surface area contributed by atoms with Gasteiger partial charge in [0, 0.05) is 24.7 Å². The van der Waals surface area contributed by atoms with Gasteiger partial charge in [-0.25, -0.2) is 0 Å². The monoisotopic (exact) mass is 240 g/mol. The topological polar surface area (TPSA) is 65.0 Å². The molecule has 0 bridgehead atoms. The van der Waals surface area contributed by atoms with Crippen molar-refractivity contribution in [3.05, 3.63) is 0 Å². The third-order valence-electron chi connectivity index (χ3n) is 5.04. The van der Waals surface area contributed by atoms with Gasteiger partial charge in [-0.3, -0.25) is 4.79 Å². The first-order chi connectivity index (χ1) is 7.95. The highest BCUT2D eigenvalue weighted by Gasteiger charge is 2.75. The van der Waals surface area contributed by atoms with Gasteiger partial charge in [0.2, 0.25) is 5.79 Å². The van der Waals surface area contributed by atoms with E-state index in [4.69, 9.17) is 14.2 Å². The zero-order valence-electron chi connectivity index (χ0n) is 9.88. The summed E-state index contributed by atoms with van der Waals surface area (Å²) in [6.45, 7) is 3.66. The molecule has 0 radical (unpaired) electrons. The normalized spacial score (nSPS) is 63.7. The Balaban J connectivity index is 1.84. The Morgan fingerprint density at radius 3 is 2.76 bits per heavy atom. The van der Waals surface area contributed by atoms with Crippen molar-refractivity contribution in [2.45, 2.75) is 44.6 Å². The van der Waals surface area contributed by atoms with E-state index < -0.39 is 17.9 Å². The third-order valence-corrected chi connectivity index (χ3v) is 5.04. The highest BCUT2D eigenvalue weighted by Crippen LogP contribution is 2.65. The Morgan fingerprint density at radius 1 is 1.24 bits per heavy atom. The van der Waals surface area contributed by atoms with Crippen LogP contribution in [0, 0.1) is 23.7 Å². The fourth-order valence-electron chi connectivity index (χ4n) is 4.57. The van der Waals surface area contributed by atoms with Gasteiger partial charge in [-0.1, -0.05) is 0 Å². The van der Waals surface area contributed by atoms with Gasteiger partial charge >= 0.3 is 5.97 Å². The number of hydrogen-bond donors (Lipinski definition) is 1. The number of carbonyl (C=O) groups excluding carboxylic acids is 1. The Bertz CT molecular complexity index is 410. The molecule has 4 fully saturated rings. The lowest BCUT2D eigenvalue weighted by Gasteiger charge is -2.33. The van der Waals surface area contributed by atoms with Gasteiger partial charge in [0.15, 0.2) is 12.1 Å². The van der Waals surface area contributed by atoms with Crippen molar-refractivity contribution >= 4 is 5.97 Å². The summed E-state index contributed by atoms with van der Waals surface area (Å²) >= 11 is 0. The van der Waals surface area contributed by atoms with Crippen LogP contribution in [-0.2, 0) is 19.0 Å². The van der Waals surface area contributed by atoms with Crippen molar-refractivity contribution in [1.82, 2.24) is 0 Å². The van der Waals surface area contributed by atoms with Crippen molar-refractivity contribution in [2.75, 3.05) is 0 Å². The van der Waals surface area contributed by atoms with Crippen LogP contribution in [0.15, 0.2) is 0 Å². The first-order valence-electron chi connectivity index (χ1n) is 6.23. The molecule has 4 aliphatic rings. The van der Waals surface area contributed by atoms with E-state index in [1.54, 1.807) is 0 Å². The first kappa shape index (κ1) is 10.3. The van der Waals surface area contributed by atoms with Gasteiger partial charge in [0.05, 0.1) is 5.92 Å². The van der Waals surface area contributed by atoms with Crippen LogP contribution in [0.2, 0.25) is 0 Å². The van der Waals surface area contributed by atoms with Crippen LogP contribution < -0.4 is 0 Å². The molecule has 7 atom stereocenters. The van der Waals surface area contributed by atoms with Crippen LogP contribution in [0.1, 0.15) is 26.7 Å². The molecule has 3 saturated heterocycles. The molecule has 94 valence electrons. The zero-order chi connectivity index (χ0) is 12.0. The van der Waals surface area contributed by atoms with Crippen LogP contribution in [0.5, 0.6) is 0 Å². The van der Waals surface area contributed by atoms with Gasteiger partial charge in [-0.2, -0.15) is 0 Å². The summed E-state index contributed by atoms with van der Waals surface area (Å²) in [7, 11) is 0. The fraction of sp³-hybridized carbons (Fsp3) is 0.917. The maximum atomic E-state index is 11.8. The lowest BCUT2D eigenvalue weighted by molar-refractivity contribution is -0.314. The van der Waals surface area contributed by atoms with E-state index >= 15 is 0 Å². The highest BCUT2D eigenvalue weighted by atomic mass is 16.8. The van der Waals surface area contributed by atoms with Crippen LogP contribution >= 0.6 is 0 Å². The average Bonchev–Trinajstić information content (AvgIpc) is 2.70. The molecular weight excluding hydrogens is 224 g/mol. The maximum absolute atomic E-state index is 11.8. The Morgan fingerprint density at radius 2 is 2.00 bits per heavy atom. The number of hydrogen-bond acceptors (Lipinski definition) is 5. The predicted octanol–water partition coefficient (Wildman–Crippen LogP) is 0.613. The summed E-state index contributed by atoms with van der Waals surface area (Å²) in [5.41, 5.74) is 0. The number of esters is 1. The second-order valence-corrected chi connectivity index (χ2v) is 5.96. The number of aliphatic hydroxyl groups excluding tert-OH is 1. The first-order valence-corrected chi connectivity index (χ1v) is 6.23. The van der Waals surface area contributed by atoms with Crippen molar-refractivity contribution in [3.8, 4) is 0 Å². The molecule has 0 amide bonds. The van der Waals surface area contributed by atoms with Gasteiger partial charge in [-0.05, 0) is 19.8 Å². The number of rotatable bonds is 0. The molecule has 0 aromatic carbocycles. The van der Waals surface area contributed by atoms with Gasteiger partial charge in [0.25, 0.3) is 0 Å². The zero-order valence-corrected chi connectivity index (χ0v) is 9.88. The van der Waals surface area contributed by atoms with Crippen LogP contribution in [0.4, 0.5) is 0 Å². The van der Waals surface area contributed by atoms with Crippen molar-refractivity contribution in [1.29, 1.82) is 0 Å². The van der Waals surface area contributed by atoms with Crippen LogP contribution in [0.3, 0.4) is 0 Å². The molecule has 5 heteroatoms. The van der Waals surface area contributed by atoms with Crippen LogP contribution in [-0.4, -0.2) is 28.9 Å². The third kappa shape index (κ3) is 0.998. The SMILES string of the molecule is C[C@]12O[C@@H](O)[C@@H]3CC[C@@H]4C(=O)O[C@](C)(O1)[C@@H]4[C@@H]32. The molecule has 0 aromatic rings. The highest BCUT2D eigenvalue weighted by molar-refractivity contribution is 5.76. The number of carbonyl (C=O) groups is 1. The van der Waals surface area contributed by atoms with E-state index in [9.17, 15) is 9.90 Å². The van der Waals surface area contributed by atoms with Crippen LogP contribution in [0.25, 0.3) is 0 Å². The van der Waals surface area contributed by atoms with Crippen molar-refractivity contribution in [2.24, 2.45) is 23.7 Å². The number of ether oxygens (including phenoxy) is 3. The lowest BCUT2D eigenvalue weighted by atomic mass is 9.65. The molecule has 4 rings (SSSR count). The van der Waals surface area contributed by atoms with E-state index in [1.807, 2.05) is 13.8 Å². The molecule has 3 heterocycles. The minimum atomic E-state index is -0.861. The Hall–Kier alpha value is -0.650. The molecule has 1 saturated carbocycles. The summed E-state index contributed by atoms with van der Waals surface area (Å²) in [5.74, 6) is -1.75. The van der Waals surface area contributed by atoms with E-state index in [1.165, 1.54) is 0 Å². The average molecular weight is 240 g/mol. The molecule has 0 spiro atoms. The molecule has 1 aliphatic carbocycles. The molecule has 17 heavy (non-hydrogen) atoms. The standard InChI is InChI=1S/C12H16O5/c1-11-7-5(9(13)15-11)3-4-6-8(7)12(2,17-11)16-10(6)14/h5-9,13H,3-4H2,1-2H3/t5-,6+,7-,8+,9-,11+,12-/m1/s1. The van der Waals surface area contributed by atoms with Gasteiger partial charge in [0.1, 0.15) is 0 Å². The fourth-order valence-corrected chi connectivity index (χ4v) is 4.57. The minimum Gasteiger partial charge on any atom is -0.433 e. The van der Waals surface area contributed by atoms with E-state index in [2.05, 4.69) is 0 Å². The lowest BCUT2D eigenvalue weighted by Crippen LogP contribution is -2.40. The Labute approximate surface area is 99.0 Å². The summed E-state index contributed by atoms with van der Waals surface area (Å²) in [6.07, 6.45) is 0.795. The van der Waals surface area contributed by atoms with Gasteiger partial charge in [-0.15, -0.1) is 0 Å². The summed E-state index contributed by atoms with van der Waals surface area (Å²) in [4.78, 5) is 11.8. The Kier molecular flexibility index (Phi) is 1.62. The second kappa shape index (κ2) is 2.68. The smallest absolute Gasteiger partial charge is 0.311 e. The molecule has 0 unspecified atom stereocenters. The predicted molar refractivity (Wildman–Crippen MR) is 54.3 cm³/mol. The van der Waals surface area contributed by atoms with Gasteiger partial charge < -0.3 is 19.3 Å². The molecule has 1 N–H and O–H groups in total. The largest absolute Gasteiger partial charge is 0.433 e. The van der Waals surface area contributed by atoms with Crippen molar-refractivity contribution < 1.29 is 24.1 Å². The molecular formula is C12H16O5. The quantitative estimate of drug-likeness (QED) is 0.628. The minimum absolute atomic E-state index is 0.0240. The summed E-state index contributed by atoms with van der Waals surface area (Å²) in [6, 6.07) is 0. The second-order valence-electron chi connectivity index (χ2n) is 5.96. The maximum Gasteiger partial charge on any atom is 0.311 e. The van der Waals surface area contributed by atoms with Crippen molar-refractivity contribution in [3.63, 3.8) is 0 Å². The molecule has 0 aromatic heterocycles. The molecule has 5 nitrogen and oxygen atoms in total. The number of aliphatic hydroxyl groups is 1. The van der Waals surface area contributed by atoms with E-state index in [-0.39, 0.29) is 29.6 Å². The summed E-state index contributed by atoms with van der Waals surface area (Å²) < 4.78 is 16.9.